The lowest BCUT2D eigenvalue weighted by Gasteiger charge is -2.14. The van der Waals surface area contributed by atoms with Gasteiger partial charge in [0.15, 0.2) is 5.82 Å². The first-order valence-electron chi connectivity index (χ1n) is 7.03. The Balaban J connectivity index is 2.69. The molecule has 1 aromatic heterocycles. The molecule has 1 heterocycles. The van der Waals surface area contributed by atoms with E-state index in [0.29, 0.717) is 5.92 Å². The molecule has 1 unspecified atom stereocenters. The number of nitrogens with one attached hydrogen (secondary N) is 1. The monoisotopic (exact) mass is 265 g/mol. The fourth-order valence-corrected chi connectivity index (χ4v) is 2.02. The number of hydrogen-bond donors (Lipinski definition) is 1. The van der Waals surface area contributed by atoms with Gasteiger partial charge in [-0.15, -0.1) is 0 Å². The van der Waals surface area contributed by atoms with E-state index in [9.17, 15) is 0 Å². The van der Waals surface area contributed by atoms with Gasteiger partial charge in [0, 0.05) is 18.5 Å². The summed E-state index contributed by atoms with van der Waals surface area (Å²) < 4.78 is 5.27. The SMILES string of the molecule is COC(C)c1nc(C)c(CCNCC(C)C)c(C)n1. The van der Waals surface area contributed by atoms with Crippen molar-refractivity contribution in [2.24, 2.45) is 5.92 Å². The summed E-state index contributed by atoms with van der Waals surface area (Å²) in [6, 6.07) is 0. The van der Waals surface area contributed by atoms with Gasteiger partial charge in [0.1, 0.15) is 6.10 Å². The van der Waals surface area contributed by atoms with Crippen LogP contribution >= 0.6 is 0 Å². The molecule has 0 aliphatic rings. The lowest BCUT2D eigenvalue weighted by Crippen LogP contribution is -2.23. The second-order valence-electron chi connectivity index (χ2n) is 5.46. The number of nitrogens with zero attached hydrogens (tertiary/aromatic N) is 2. The van der Waals surface area contributed by atoms with Crippen LogP contribution in [0.25, 0.3) is 0 Å². The summed E-state index contributed by atoms with van der Waals surface area (Å²) in [6.07, 6.45) is 0.928. The Kier molecular flexibility index (Phi) is 6.38. The fourth-order valence-electron chi connectivity index (χ4n) is 2.02. The van der Waals surface area contributed by atoms with E-state index in [1.807, 2.05) is 6.92 Å². The average molecular weight is 265 g/mol. The molecule has 0 saturated heterocycles. The van der Waals surface area contributed by atoms with Gasteiger partial charge in [-0.1, -0.05) is 13.8 Å². The molecule has 0 bridgehead atoms. The van der Waals surface area contributed by atoms with Crippen LogP contribution in [0.15, 0.2) is 0 Å². The van der Waals surface area contributed by atoms with Crippen molar-refractivity contribution >= 4 is 0 Å². The van der Waals surface area contributed by atoms with Crippen LogP contribution in [0.3, 0.4) is 0 Å². The number of methoxy groups -OCH3 is 1. The second-order valence-corrected chi connectivity index (χ2v) is 5.46. The molecule has 0 amide bonds. The second kappa shape index (κ2) is 7.56. The zero-order chi connectivity index (χ0) is 14.4. The molecule has 4 heteroatoms. The predicted molar refractivity (Wildman–Crippen MR) is 78.3 cm³/mol. The number of rotatable bonds is 7. The van der Waals surface area contributed by atoms with E-state index in [0.717, 1.165) is 36.7 Å². The normalized spacial score (nSPS) is 13.0. The maximum atomic E-state index is 5.27. The molecule has 1 aromatic rings. The molecule has 19 heavy (non-hydrogen) atoms. The van der Waals surface area contributed by atoms with Gasteiger partial charge >= 0.3 is 0 Å². The lowest BCUT2D eigenvalue weighted by atomic mass is 10.1. The summed E-state index contributed by atoms with van der Waals surface area (Å²) in [5.41, 5.74) is 3.39. The van der Waals surface area contributed by atoms with Gasteiger partial charge in [-0.25, -0.2) is 9.97 Å². The quantitative estimate of drug-likeness (QED) is 0.770. The van der Waals surface area contributed by atoms with Crippen LogP contribution in [0.4, 0.5) is 0 Å². The summed E-state index contributed by atoms with van der Waals surface area (Å²) in [4.78, 5) is 9.11. The van der Waals surface area contributed by atoms with Gasteiger partial charge in [0.25, 0.3) is 0 Å². The van der Waals surface area contributed by atoms with Gasteiger partial charge in [-0.3, -0.25) is 0 Å². The highest BCUT2D eigenvalue weighted by Crippen LogP contribution is 2.16. The van der Waals surface area contributed by atoms with Crippen LogP contribution < -0.4 is 5.32 Å². The van der Waals surface area contributed by atoms with E-state index >= 15 is 0 Å². The first-order valence-corrected chi connectivity index (χ1v) is 7.03. The van der Waals surface area contributed by atoms with Crippen molar-refractivity contribution in [2.45, 2.75) is 47.1 Å². The molecule has 0 aromatic carbocycles. The first kappa shape index (κ1) is 16.1. The van der Waals surface area contributed by atoms with E-state index in [1.54, 1.807) is 7.11 Å². The lowest BCUT2D eigenvalue weighted by molar-refractivity contribution is 0.111. The molecule has 0 radical (unpaired) electrons. The van der Waals surface area contributed by atoms with Crippen molar-refractivity contribution in [1.82, 2.24) is 15.3 Å². The maximum absolute atomic E-state index is 5.27. The van der Waals surface area contributed by atoms with Crippen LogP contribution in [-0.2, 0) is 11.2 Å². The van der Waals surface area contributed by atoms with Crippen molar-refractivity contribution < 1.29 is 4.74 Å². The Labute approximate surface area is 117 Å². The average Bonchev–Trinajstić information content (AvgIpc) is 2.35. The van der Waals surface area contributed by atoms with Crippen molar-refractivity contribution in [3.8, 4) is 0 Å². The topological polar surface area (TPSA) is 47.0 Å². The third kappa shape index (κ3) is 4.88. The van der Waals surface area contributed by atoms with Crippen molar-refractivity contribution in [3.63, 3.8) is 0 Å². The molecule has 108 valence electrons. The van der Waals surface area contributed by atoms with Gasteiger partial charge < -0.3 is 10.1 Å². The summed E-state index contributed by atoms with van der Waals surface area (Å²) >= 11 is 0. The third-order valence-electron chi connectivity index (χ3n) is 3.26. The van der Waals surface area contributed by atoms with E-state index in [-0.39, 0.29) is 6.10 Å². The Bertz CT molecular complexity index is 381. The molecule has 0 spiro atoms. The van der Waals surface area contributed by atoms with Gasteiger partial charge in [-0.2, -0.15) is 0 Å². The predicted octanol–water partition coefficient (Wildman–Crippen LogP) is 2.59. The highest BCUT2D eigenvalue weighted by Gasteiger charge is 2.12. The highest BCUT2D eigenvalue weighted by molar-refractivity contribution is 5.25. The van der Waals surface area contributed by atoms with Crippen molar-refractivity contribution in [1.29, 1.82) is 0 Å². The molecule has 0 aliphatic carbocycles. The molecular formula is C15H27N3O. The zero-order valence-electron chi connectivity index (χ0n) is 13.1. The van der Waals surface area contributed by atoms with Crippen LogP contribution in [0.5, 0.6) is 0 Å². The van der Waals surface area contributed by atoms with Gasteiger partial charge in [0.05, 0.1) is 0 Å². The van der Waals surface area contributed by atoms with Crippen molar-refractivity contribution in [3.05, 3.63) is 22.8 Å². The van der Waals surface area contributed by atoms with E-state index < -0.39 is 0 Å². The van der Waals surface area contributed by atoms with Crippen LogP contribution in [-0.4, -0.2) is 30.2 Å². The van der Waals surface area contributed by atoms with Gasteiger partial charge in [0.2, 0.25) is 0 Å². The largest absolute Gasteiger partial charge is 0.374 e. The highest BCUT2D eigenvalue weighted by atomic mass is 16.5. The summed E-state index contributed by atoms with van der Waals surface area (Å²) in [7, 11) is 1.68. The molecule has 1 atom stereocenters. The maximum Gasteiger partial charge on any atom is 0.157 e. The molecular weight excluding hydrogens is 238 g/mol. The van der Waals surface area contributed by atoms with E-state index in [2.05, 4.69) is 43.0 Å². The molecule has 4 nitrogen and oxygen atoms in total. The molecule has 0 fully saturated rings. The smallest absolute Gasteiger partial charge is 0.157 e. The number of aromatic nitrogens is 2. The number of aryl methyl sites for hydroxylation is 2. The molecule has 1 rings (SSSR count). The molecule has 1 N–H and O–H groups in total. The Morgan fingerprint density at radius 3 is 2.16 bits per heavy atom. The summed E-state index contributed by atoms with van der Waals surface area (Å²) in [5.74, 6) is 1.46. The first-order chi connectivity index (χ1) is 8.95. The minimum Gasteiger partial charge on any atom is -0.374 e. The Morgan fingerprint density at radius 2 is 1.68 bits per heavy atom. The Hall–Kier alpha value is -1.00. The van der Waals surface area contributed by atoms with E-state index in [1.165, 1.54) is 5.56 Å². The van der Waals surface area contributed by atoms with Crippen LogP contribution in [0.1, 0.15) is 49.7 Å². The van der Waals surface area contributed by atoms with E-state index in [4.69, 9.17) is 4.74 Å². The number of ether oxygens (including phenoxy) is 1. The summed E-state index contributed by atoms with van der Waals surface area (Å²) in [6.45, 7) is 12.5. The summed E-state index contributed by atoms with van der Waals surface area (Å²) in [5, 5.41) is 3.46. The standard InChI is InChI=1S/C15H27N3O/c1-10(2)9-16-8-7-14-11(3)17-15(13(5)19-6)18-12(14)4/h10,13,16H,7-9H2,1-6H3. The van der Waals surface area contributed by atoms with Crippen LogP contribution in [0.2, 0.25) is 0 Å². The third-order valence-corrected chi connectivity index (χ3v) is 3.26. The van der Waals surface area contributed by atoms with Gasteiger partial charge in [-0.05, 0) is 51.8 Å². The fraction of sp³-hybridized carbons (Fsp3) is 0.733. The van der Waals surface area contributed by atoms with Crippen molar-refractivity contribution in [2.75, 3.05) is 20.2 Å². The Morgan fingerprint density at radius 1 is 1.11 bits per heavy atom. The van der Waals surface area contributed by atoms with Crippen LogP contribution in [0, 0.1) is 19.8 Å². The zero-order valence-corrected chi connectivity index (χ0v) is 13.1. The molecule has 0 aliphatic heterocycles. The molecule has 0 saturated carbocycles. The number of hydrogen-bond acceptors (Lipinski definition) is 4. The minimum atomic E-state index is -0.0504. The minimum absolute atomic E-state index is 0.0504.